The Morgan fingerprint density at radius 1 is 1.44 bits per heavy atom. The lowest BCUT2D eigenvalue weighted by atomic mass is 9.77. The highest BCUT2D eigenvalue weighted by Gasteiger charge is 2.58. The van der Waals surface area contributed by atoms with Gasteiger partial charge in [0.1, 0.15) is 17.3 Å². The van der Waals surface area contributed by atoms with Crippen molar-refractivity contribution in [3.63, 3.8) is 0 Å². The van der Waals surface area contributed by atoms with Gasteiger partial charge in [0.2, 0.25) is 5.79 Å². The van der Waals surface area contributed by atoms with Crippen LogP contribution in [-0.4, -0.2) is 50.8 Å². The van der Waals surface area contributed by atoms with Crippen molar-refractivity contribution < 1.29 is 27.9 Å². The lowest BCUT2D eigenvalue weighted by Gasteiger charge is -2.48. The van der Waals surface area contributed by atoms with E-state index >= 15 is 4.39 Å². The summed E-state index contributed by atoms with van der Waals surface area (Å²) in [6, 6.07) is 5.94. The molecular formula is C20H21F3N6O3. The molecule has 0 saturated carbocycles. The van der Waals surface area contributed by atoms with E-state index in [0.29, 0.717) is 10.6 Å². The van der Waals surface area contributed by atoms with E-state index in [4.69, 9.17) is 5.73 Å². The van der Waals surface area contributed by atoms with Gasteiger partial charge in [0.05, 0.1) is 18.8 Å². The Balaban J connectivity index is 2.02. The van der Waals surface area contributed by atoms with Gasteiger partial charge in [-0.1, -0.05) is 6.92 Å². The van der Waals surface area contributed by atoms with Gasteiger partial charge in [0.25, 0.3) is 5.91 Å². The maximum absolute atomic E-state index is 16.0. The van der Waals surface area contributed by atoms with Gasteiger partial charge in [-0.2, -0.15) is 10.4 Å². The monoisotopic (exact) mass is 450 g/mol. The van der Waals surface area contributed by atoms with Gasteiger partial charge >= 0.3 is 6.09 Å². The molecule has 1 saturated heterocycles. The number of nitrogens with two attached hydrogens (primary N) is 1. The minimum Gasteiger partial charge on any atom is -0.465 e. The number of carbonyl (C=O) groups is 2. The molecule has 1 aliphatic rings. The molecule has 2 unspecified atom stereocenters. The molecule has 2 amide bonds. The molecule has 3 rings (SSSR count). The average Bonchev–Trinajstić information content (AvgIpc) is 3.17. The highest BCUT2D eigenvalue weighted by atomic mass is 19.2. The normalized spacial score (nSPS) is 23.9. The molecule has 0 spiro atoms. The first-order valence-corrected chi connectivity index (χ1v) is 9.70. The molecule has 4 N–H and O–H groups in total. The zero-order chi connectivity index (χ0) is 23.6. The number of hydrogen-bond donors (Lipinski definition) is 3. The zero-order valence-corrected chi connectivity index (χ0v) is 17.0. The van der Waals surface area contributed by atoms with E-state index < -0.39 is 48.2 Å². The van der Waals surface area contributed by atoms with Crippen LogP contribution in [0.4, 0.5) is 29.5 Å². The molecule has 1 aromatic heterocycles. The number of carbonyl (C=O) groups excluding carboxylic acids is 1. The average molecular weight is 450 g/mol. The van der Waals surface area contributed by atoms with Crippen molar-refractivity contribution in [2.75, 3.05) is 18.5 Å². The van der Waals surface area contributed by atoms with Crippen LogP contribution in [0.25, 0.3) is 0 Å². The summed E-state index contributed by atoms with van der Waals surface area (Å²) in [6.45, 7) is -0.318. The first-order valence-electron chi connectivity index (χ1n) is 9.70. The second-order valence-corrected chi connectivity index (χ2v) is 7.55. The number of amides is 2. The molecule has 12 heteroatoms. The van der Waals surface area contributed by atoms with E-state index in [1.165, 1.54) is 37.4 Å². The van der Waals surface area contributed by atoms with E-state index in [1.807, 2.05) is 0 Å². The Morgan fingerprint density at radius 2 is 2.09 bits per heavy atom. The van der Waals surface area contributed by atoms with Crippen LogP contribution in [0.5, 0.6) is 0 Å². The van der Waals surface area contributed by atoms with E-state index in [2.05, 4.69) is 10.4 Å². The molecule has 170 valence electrons. The van der Waals surface area contributed by atoms with Crippen LogP contribution < -0.4 is 11.1 Å². The maximum Gasteiger partial charge on any atom is 0.409 e. The lowest BCUT2D eigenvalue weighted by Crippen LogP contribution is -2.62. The van der Waals surface area contributed by atoms with Crippen LogP contribution >= 0.6 is 0 Å². The third kappa shape index (κ3) is 3.93. The number of rotatable bonds is 6. The van der Waals surface area contributed by atoms with E-state index in [-0.39, 0.29) is 24.3 Å². The SMILES string of the molecule is CC(CF)C1(F)[C@H](C#N)[C@@H](n2cc(C(N)=O)c(Nc3ccc(F)cc3)n2)CCN1C(=O)O. The van der Waals surface area contributed by atoms with Crippen molar-refractivity contribution in [2.45, 2.75) is 25.2 Å². The third-order valence-corrected chi connectivity index (χ3v) is 5.62. The van der Waals surface area contributed by atoms with Crippen molar-refractivity contribution >= 4 is 23.5 Å². The number of benzene rings is 1. The van der Waals surface area contributed by atoms with Gasteiger partial charge in [-0.15, -0.1) is 0 Å². The van der Waals surface area contributed by atoms with Crippen LogP contribution in [0.2, 0.25) is 0 Å². The fourth-order valence-corrected chi connectivity index (χ4v) is 3.93. The number of aromatic nitrogens is 2. The number of anilines is 2. The van der Waals surface area contributed by atoms with Crippen molar-refractivity contribution in [3.05, 3.63) is 41.8 Å². The molecule has 4 atom stereocenters. The Morgan fingerprint density at radius 3 is 2.62 bits per heavy atom. The fourth-order valence-electron chi connectivity index (χ4n) is 3.93. The van der Waals surface area contributed by atoms with Crippen molar-refractivity contribution in [2.24, 2.45) is 17.6 Å². The Hall–Kier alpha value is -3.75. The van der Waals surface area contributed by atoms with Crippen molar-refractivity contribution in [3.8, 4) is 6.07 Å². The molecule has 32 heavy (non-hydrogen) atoms. The van der Waals surface area contributed by atoms with Gasteiger partial charge in [-0.05, 0) is 30.7 Å². The van der Waals surface area contributed by atoms with Crippen LogP contribution in [0.15, 0.2) is 30.5 Å². The molecule has 1 aliphatic heterocycles. The number of alkyl halides is 2. The smallest absolute Gasteiger partial charge is 0.409 e. The summed E-state index contributed by atoms with van der Waals surface area (Å²) in [5.41, 5.74) is 5.74. The topological polar surface area (TPSA) is 137 Å². The van der Waals surface area contributed by atoms with Gasteiger partial charge in [-0.25, -0.2) is 13.6 Å². The molecular weight excluding hydrogens is 429 g/mol. The van der Waals surface area contributed by atoms with Crippen LogP contribution in [0, 0.1) is 29.0 Å². The number of likely N-dealkylation sites (tertiary alicyclic amines) is 1. The molecule has 9 nitrogen and oxygen atoms in total. The second kappa shape index (κ2) is 8.78. The Labute approximate surface area is 181 Å². The van der Waals surface area contributed by atoms with Crippen LogP contribution in [0.1, 0.15) is 29.7 Å². The zero-order valence-electron chi connectivity index (χ0n) is 17.0. The Kier molecular flexibility index (Phi) is 6.29. The molecule has 1 aromatic carbocycles. The summed E-state index contributed by atoms with van der Waals surface area (Å²) in [7, 11) is 0. The second-order valence-electron chi connectivity index (χ2n) is 7.55. The molecule has 2 aromatic rings. The number of nitrogens with one attached hydrogen (secondary N) is 1. The number of primary amides is 1. The quantitative estimate of drug-likeness (QED) is 0.578. The number of halogens is 3. The number of nitriles is 1. The summed E-state index contributed by atoms with van der Waals surface area (Å²) >= 11 is 0. The largest absolute Gasteiger partial charge is 0.465 e. The van der Waals surface area contributed by atoms with Gasteiger partial charge in [0.15, 0.2) is 5.82 Å². The van der Waals surface area contributed by atoms with Gasteiger partial charge in [0, 0.05) is 24.3 Å². The maximum atomic E-state index is 16.0. The number of nitrogens with zero attached hydrogens (tertiary/aromatic N) is 4. The van der Waals surface area contributed by atoms with E-state index in [9.17, 15) is 28.7 Å². The minimum absolute atomic E-state index is 0.00886. The van der Waals surface area contributed by atoms with Gasteiger partial charge < -0.3 is 16.2 Å². The highest BCUT2D eigenvalue weighted by molar-refractivity contribution is 5.98. The Bertz CT molecular complexity index is 1050. The predicted molar refractivity (Wildman–Crippen MR) is 107 cm³/mol. The fraction of sp³-hybridized carbons (Fsp3) is 0.400. The number of piperidine rings is 1. The lowest BCUT2D eigenvalue weighted by molar-refractivity contribution is -0.131. The molecule has 0 radical (unpaired) electrons. The highest BCUT2D eigenvalue weighted by Crippen LogP contribution is 2.46. The number of hydrogen-bond acceptors (Lipinski definition) is 5. The molecule has 1 fully saturated rings. The van der Waals surface area contributed by atoms with Gasteiger partial charge in [-0.3, -0.25) is 18.8 Å². The first-order chi connectivity index (χ1) is 15.1. The van der Waals surface area contributed by atoms with Crippen LogP contribution in [-0.2, 0) is 0 Å². The summed E-state index contributed by atoms with van der Waals surface area (Å²) in [5, 5.41) is 26.2. The standard InChI is InChI=1S/C20H21F3N6O3/c1-11(8-21)20(23)15(9-24)16(6-7-28(20)19(31)32)29-10-14(17(25)30)18(27-29)26-13-4-2-12(22)3-5-13/h2-5,10-11,15-16H,6-8H2,1H3,(H2,25,30)(H,26,27)(H,31,32)/t11?,15-,16+,20?/m1/s1. The molecule has 0 bridgehead atoms. The van der Waals surface area contributed by atoms with Crippen molar-refractivity contribution in [1.82, 2.24) is 14.7 Å². The first kappa shape index (κ1) is 22.9. The van der Waals surface area contributed by atoms with Crippen molar-refractivity contribution in [1.29, 1.82) is 5.26 Å². The van der Waals surface area contributed by atoms with Crippen LogP contribution in [0.3, 0.4) is 0 Å². The molecule has 0 aliphatic carbocycles. The summed E-state index contributed by atoms with van der Waals surface area (Å²) < 4.78 is 43.8. The predicted octanol–water partition coefficient (Wildman–Crippen LogP) is 3.20. The summed E-state index contributed by atoms with van der Waals surface area (Å²) in [6.07, 6.45) is -0.394. The minimum atomic E-state index is -2.82. The van der Waals surface area contributed by atoms with E-state index in [0.717, 1.165) is 4.68 Å². The summed E-state index contributed by atoms with van der Waals surface area (Å²) in [4.78, 5) is 24.0. The number of carboxylic acid groups (broad SMARTS) is 1. The summed E-state index contributed by atoms with van der Waals surface area (Å²) in [5.74, 6) is -7.20. The third-order valence-electron chi connectivity index (χ3n) is 5.62. The van der Waals surface area contributed by atoms with E-state index in [1.54, 1.807) is 6.07 Å². The molecule has 2 heterocycles.